The third-order valence-electron chi connectivity index (χ3n) is 4.21. The summed E-state index contributed by atoms with van der Waals surface area (Å²) in [7, 11) is 0. The summed E-state index contributed by atoms with van der Waals surface area (Å²) in [5, 5.41) is 4.20. The first-order chi connectivity index (χ1) is 12.0. The molecule has 1 heterocycles. The molecule has 1 saturated carbocycles. The van der Waals surface area contributed by atoms with E-state index in [2.05, 4.69) is 29.4 Å². The van der Waals surface area contributed by atoms with Crippen LogP contribution < -0.4 is 10.1 Å². The van der Waals surface area contributed by atoms with Gasteiger partial charge in [-0.2, -0.15) is 0 Å². The average molecular weight is 359 g/mol. The quantitative estimate of drug-likeness (QED) is 0.753. The fourth-order valence-electron chi connectivity index (χ4n) is 2.67. The molecule has 0 aliphatic heterocycles. The van der Waals surface area contributed by atoms with Crippen LogP contribution >= 0.6 is 11.3 Å². The number of aromatic nitrogens is 1. The number of amides is 1. The van der Waals surface area contributed by atoms with Crippen molar-refractivity contribution in [2.75, 3.05) is 0 Å². The number of thiazole rings is 1. The largest absolute Gasteiger partial charge is 0.491 e. The highest BCUT2D eigenvalue weighted by atomic mass is 32.1. The number of nitrogens with one attached hydrogen (secondary N) is 1. The van der Waals surface area contributed by atoms with E-state index < -0.39 is 0 Å². The van der Waals surface area contributed by atoms with Crippen molar-refractivity contribution in [3.63, 3.8) is 0 Å². The highest BCUT2D eigenvalue weighted by Gasteiger charge is 2.27. The molecule has 1 N–H and O–H groups in total. The van der Waals surface area contributed by atoms with Gasteiger partial charge in [0.1, 0.15) is 10.6 Å². The Balaban J connectivity index is 1.45. The van der Waals surface area contributed by atoms with Crippen LogP contribution in [0.15, 0.2) is 30.5 Å². The molecule has 1 aliphatic rings. The molecule has 2 aromatic rings. The highest BCUT2D eigenvalue weighted by Crippen LogP contribution is 2.41. The summed E-state index contributed by atoms with van der Waals surface area (Å²) in [5.41, 5.74) is 1.26. The molecule has 4 nitrogen and oxygen atoms in total. The van der Waals surface area contributed by atoms with Crippen LogP contribution in [0.4, 0.5) is 0 Å². The van der Waals surface area contributed by atoms with Crippen molar-refractivity contribution in [3.8, 4) is 5.75 Å². The van der Waals surface area contributed by atoms with Crippen molar-refractivity contribution in [2.45, 2.75) is 64.5 Å². The molecule has 1 fully saturated rings. The van der Waals surface area contributed by atoms with Crippen LogP contribution in [0.2, 0.25) is 0 Å². The smallest absolute Gasteiger partial charge is 0.263 e. The maximum absolute atomic E-state index is 12.3. The van der Waals surface area contributed by atoms with Gasteiger partial charge in [0.05, 0.1) is 17.3 Å². The number of aryl methyl sites for hydroxylation is 1. The molecule has 1 amide bonds. The molecule has 0 spiro atoms. The molecule has 1 aliphatic carbocycles. The normalized spacial score (nSPS) is 15.2. The Kier molecular flexibility index (Phi) is 5.74. The summed E-state index contributed by atoms with van der Waals surface area (Å²) >= 11 is 1.54. The standard InChI is InChI=1S/C20H26N2O2S/c1-13(2)24-17-10-6-15(7-11-17)5-4-14(3)22-19(23)18-12-21-20(25-18)16-8-9-16/h6-7,10-14,16H,4-5,8-9H2,1-3H3,(H,22,23). The van der Waals surface area contributed by atoms with Crippen LogP contribution in [0.5, 0.6) is 5.75 Å². The van der Waals surface area contributed by atoms with E-state index in [1.165, 1.54) is 29.7 Å². The zero-order valence-electron chi connectivity index (χ0n) is 15.1. The molecular weight excluding hydrogens is 332 g/mol. The third-order valence-corrected chi connectivity index (χ3v) is 5.37. The summed E-state index contributed by atoms with van der Waals surface area (Å²) in [5.74, 6) is 1.50. The number of benzene rings is 1. The van der Waals surface area contributed by atoms with E-state index >= 15 is 0 Å². The molecule has 5 heteroatoms. The SMILES string of the molecule is CC(CCc1ccc(OC(C)C)cc1)NC(=O)c1cnc(C2CC2)s1. The van der Waals surface area contributed by atoms with Crippen molar-refractivity contribution in [1.29, 1.82) is 0 Å². The second-order valence-electron chi connectivity index (χ2n) is 7.06. The molecular formula is C20H26N2O2S. The van der Waals surface area contributed by atoms with Crippen molar-refractivity contribution >= 4 is 17.2 Å². The van der Waals surface area contributed by atoms with Crippen LogP contribution in [0.3, 0.4) is 0 Å². The fourth-order valence-corrected chi connectivity index (χ4v) is 3.66. The zero-order valence-corrected chi connectivity index (χ0v) is 15.9. The van der Waals surface area contributed by atoms with Gasteiger partial charge in [0.2, 0.25) is 0 Å². The van der Waals surface area contributed by atoms with Crippen molar-refractivity contribution in [3.05, 3.63) is 45.9 Å². The topological polar surface area (TPSA) is 51.2 Å². The molecule has 0 saturated heterocycles. The van der Waals surface area contributed by atoms with E-state index in [-0.39, 0.29) is 18.1 Å². The second-order valence-corrected chi connectivity index (χ2v) is 8.12. The molecule has 1 atom stereocenters. The minimum atomic E-state index is -0.00224. The number of carbonyl (C=O) groups is 1. The molecule has 25 heavy (non-hydrogen) atoms. The first-order valence-electron chi connectivity index (χ1n) is 9.03. The molecule has 0 bridgehead atoms. The van der Waals surface area contributed by atoms with Gasteiger partial charge in [-0.3, -0.25) is 4.79 Å². The van der Waals surface area contributed by atoms with E-state index in [9.17, 15) is 4.79 Å². The van der Waals surface area contributed by atoms with Crippen molar-refractivity contribution < 1.29 is 9.53 Å². The fraction of sp³-hybridized carbons (Fsp3) is 0.500. The molecule has 0 radical (unpaired) electrons. The number of nitrogens with zero attached hydrogens (tertiary/aromatic N) is 1. The minimum Gasteiger partial charge on any atom is -0.491 e. The predicted molar refractivity (Wildman–Crippen MR) is 102 cm³/mol. The van der Waals surface area contributed by atoms with Crippen molar-refractivity contribution in [2.24, 2.45) is 0 Å². The van der Waals surface area contributed by atoms with Gasteiger partial charge in [-0.1, -0.05) is 12.1 Å². The lowest BCUT2D eigenvalue weighted by Gasteiger charge is -2.14. The number of hydrogen-bond donors (Lipinski definition) is 1. The number of rotatable bonds is 8. The van der Waals surface area contributed by atoms with Gasteiger partial charge in [-0.25, -0.2) is 4.98 Å². The Morgan fingerprint density at radius 3 is 2.64 bits per heavy atom. The molecule has 1 aromatic heterocycles. The molecule has 134 valence electrons. The monoisotopic (exact) mass is 358 g/mol. The van der Waals surface area contributed by atoms with E-state index in [1.54, 1.807) is 6.20 Å². The first-order valence-corrected chi connectivity index (χ1v) is 9.85. The summed E-state index contributed by atoms with van der Waals surface area (Å²) in [6.07, 6.45) is 6.17. The highest BCUT2D eigenvalue weighted by molar-refractivity contribution is 7.13. The van der Waals surface area contributed by atoms with Crippen LogP contribution in [0.1, 0.15) is 66.2 Å². The van der Waals surface area contributed by atoms with Gasteiger partial charge in [0, 0.05) is 12.0 Å². The second kappa shape index (κ2) is 8.00. The Morgan fingerprint density at radius 1 is 1.28 bits per heavy atom. The maximum Gasteiger partial charge on any atom is 0.263 e. The lowest BCUT2D eigenvalue weighted by Crippen LogP contribution is -2.32. The Bertz CT molecular complexity index is 705. The summed E-state index contributed by atoms with van der Waals surface area (Å²) in [4.78, 5) is 17.4. The Hall–Kier alpha value is -1.88. The van der Waals surface area contributed by atoms with Gasteiger partial charge in [-0.05, 0) is 64.2 Å². The lowest BCUT2D eigenvalue weighted by molar-refractivity contribution is 0.0942. The van der Waals surface area contributed by atoms with E-state index in [0.717, 1.165) is 28.5 Å². The van der Waals surface area contributed by atoms with Gasteiger partial charge >= 0.3 is 0 Å². The molecule has 3 rings (SSSR count). The van der Waals surface area contributed by atoms with Gasteiger partial charge in [0.25, 0.3) is 5.91 Å². The van der Waals surface area contributed by atoms with Gasteiger partial charge in [-0.15, -0.1) is 11.3 Å². The zero-order chi connectivity index (χ0) is 17.8. The first kappa shape index (κ1) is 17.9. The summed E-state index contributed by atoms with van der Waals surface area (Å²) < 4.78 is 5.66. The minimum absolute atomic E-state index is 0.00224. The Morgan fingerprint density at radius 2 is 2.00 bits per heavy atom. The van der Waals surface area contributed by atoms with E-state index in [4.69, 9.17) is 4.74 Å². The third kappa shape index (κ3) is 5.30. The van der Waals surface area contributed by atoms with Crippen LogP contribution in [-0.4, -0.2) is 23.0 Å². The number of hydrogen-bond acceptors (Lipinski definition) is 4. The molecule has 1 unspecified atom stereocenters. The molecule has 1 aromatic carbocycles. The Labute approximate surface area is 153 Å². The van der Waals surface area contributed by atoms with Gasteiger partial charge in [0.15, 0.2) is 0 Å². The number of carbonyl (C=O) groups excluding carboxylic acids is 1. The van der Waals surface area contributed by atoms with Crippen LogP contribution in [-0.2, 0) is 6.42 Å². The van der Waals surface area contributed by atoms with E-state index in [1.807, 2.05) is 26.0 Å². The predicted octanol–water partition coefficient (Wildman–Crippen LogP) is 4.56. The van der Waals surface area contributed by atoms with Gasteiger partial charge < -0.3 is 10.1 Å². The lowest BCUT2D eigenvalue weighted by atomic mass is 10.1. The number of ether oxygens (including phenoxy) is 1. The maximum atomic E-state index is 12.3. The van der Waals surface area contributed by atoms with Crippen LogP contribution in [0, 0.1) is 0 Å². The summed E-state index contributed by atoms with van der Waals surface area (Å²) in [6.45, 7) is 6.10. The van der Waals surface area contributed by atoms with E-state index in [0.29, 0.717) is 5.92 Å². The van der Waals surface area contributed by atoms with Crippen molar-refractivity contribution in [1.82, 2.24) is 10.3 Å². The van der Waals surface area contributed by atoms with Crippen LogP contribution in [0.25, 0.3) is 0 Å². The average Bonchev–Trinajstić information content (AvgIpc) is 3.30. The summed E-state index contributed by atoms with van der Waals surface area (Å²) in [6, 6.07) is 8.34.